The highest BCUT2D eigenvalue weighted by Crippen LogP contribution is 2.18. The average molecular weight is 209 g/mol. The Labute approximate surface area is 84.2 Å². The molecule has 1 aromatic rings. The van der Waals surface area contributed by atoms with Crippen LogP contribution in [-0.4, -0.2) is 11.3 Å². The molecule has 0 spiro atoms. The van der Waals surface area contributed by atoms with Crippen molar-refractivity contribution in [2.45, 2.75) is 0 Å². The number of benzene rings is 1. The van der Waals surface area contributed by atoms with Gasteiger partial charge in [0.05, 0.1) is 11.0 Å². The van der Waals surface area contributed by atoms with Crippen LogP contribution in [0.1, 0.15) is 0 Å². The maximum absolute atomic E-state index is 10.4. The largest absolute Gasteiger partial charge is 0.444 e. The number of hydrogen-bond donors (Lipinski definition) is 1. The molecule has 0 aromatic heterocycles. The molecular weight excluding hydrogens is 202 g/mol. The summed E-state index contributed by atoms with van der Waals surface area (Å²) >= 11 is 0. The molecule has 1 rings (SSSR count). The van der Waals surface area contributed by atoms with Crippen LogP contribution in [0.4, 0.5) is 5.69 Å². The summed E-state index contributed by atoms with van der Waals surface area (Å²) < 4.78 is 4.89. The highest BCUT2D eigenvalue weighted by molar-refractivity contribution is 5.53. The first-order valence-electron chi connectivity index (χ1n) is 3.77. The predicted octanol–water partition coefficient (Wildman–Crippen LogP) is 1.24. The molecule has 0 radical (unpaired) electrons. The van der Waals surface area contributed by atoms with Gasteiger partial charge in [0, 0.05) is 6.07 Å². The highest BCUT2D eigenvalue weighted by atomic mass is 16.6. The van der Waals surface area contributed by atoms with Crippen molar-refractivity contribution < 1.29 is 9.66 Å². The second-order valence-electron chi connectivity index (χ2n) is 2.30. The van der Waals surface area contributed by atoms with Crippen LogP contribution in [0.3, 0.4) is 0 Å². The third-order valence-electron chi connectivity index (χ3n) is 1.37. The Morgan fingerprint density at radius 2 is 2.33 bits per heavy atom. The summed E-state index contributed by atoms with van der Waals surface area (Å²) in [6.45, 7) is 0. The fourth-order valence-corrected chi connectivity index (χ4v) is 0.806. The summed E-state index contributed by atoms with van der Waals surface area (Å²) in [5.41, 5.74) is -0.0682. The molecule has 0 heterocycles. The van der Waals surface area contributed by atoms with Gasteiger partial charge in [-0.2, -0.15) is 0 Å². The average Bonchev–Trinajstić information content (AvgIpc) is 2.25. The summed E-state index contributed by atoms with van der Waals surface area (Å²) in [4.78, 5) is 9.87. The van der Waals surface area contributed by atoms with Crippen LogP contribution < -0.4 is 10.6 Å². The maximum Gasteiger partial charge on any atom is 0.273 e. The zero-order valence-corrected chi connectivity index (χ0v) is 7.48. The molecule has 0 amide bonds. The van der Waals surface area contributed by atoms with E-state index in [4.69, 9.17) is 4.74 Å². The van der Waals surface area contributed by atoms with Gasteiger partial charge < -0.3 is 10.6 Å². The molecule has 0 unspecified atom stereocenters. The standard InChI is InChI=1S/C7H7N5O3/c8-10-11-9-5-15-7-3-1-2-6(4-7)12(13)14/h1-5H,(H2,8,11)/b9-5-. The zero-order valence-electron chi connectivity index (χ0n) is 7.48. The fraction of sp³-hybridized carbons (Fsp3) is 0. The van der Waals surface area contributed by atoms with E-state index in [0.717, 1.165) is 6.40 Å². The van der Waals surface area contributed by atoms with E-state index in [1.54, 1.807) is 6.07 Å². The van der Waals surface area contributed by atoms with Gasteiger partial charge in [-0.05, 0) is 11.3 Å². The Morgan fingerprint density at radius 3 is 3.00 bits per heavy atom. The molecule has 8 heteroatoms. The van der Waals surface area contributed by atoms with Gasteiger partial charge in [-0.1, -0.05) is 16.4 Å². The molecule has 0 aliphatic carbocycles. The number of nitro benzene ring substituents is 1. The quantitative estimate of drug-likeness (QED) is 0.200. The van der Waals surface area contributed by atoms with Gasteiger partial charge in [0.1, 0.15) is 5.75 Å². The molecule has 78 valence electrons. The lowest BCUT2D eigenvalue weighted by Gasteiger charge is -1.97. The lowest BCUT2D eigenvalue weighted by atomic mass is 10.3. The Kier molecular flexibility index (Phi) is 3.71. The summed E-state index contributed by atoms with van der Waals surface area (Å²) in [6.07, 6.45) is 0.968. The molecule has 2 N–H and O–H groups in total. The Morgan fingerprint density at radius 1 is 1.53 bits per heavy atom. The second-order valence-corrected chi connectivity index (χ2v) is 2.30. The first kappa shape index (κ1) is 10.6. The molecule has 15 heavy (non-hydrogen) atoms. The number of rotatable bonds is 4. The van der Waals surface area contributed by atoms with E-state index in [1.165, 1.54) is 18.2 Å². The van der Waals surface area contributed by atoms with E-state index in [0.29, 0.717) is 0 Å². The van der Waals surface area contributed by atoms with Gasteiger partial charge in [-0.15, -0.1) is 0 Å². The number of non-ortho nitro benzene ring substituents is 1. The molecule has 0 aliphatic rings. The number of nitro groups is 1. The van der Waals surface area contributed by atoms with Crippen molar-refractivity contribution in [1.29, 1.82) is 0 Å². The fourth-order valence-electron chi connectivity index (χ4n) is 0.806. The van der Waals surface area contributed by atoms with Crippen LogP contribution in [0, 0.1) is 10.1 Å². The SMILES string of the molecule is NN=N/N=C\Oc1cccc([N+](=O)[O-])c1. The van der Waals surface area contributed by atoms with Crippen molar-refractivity contribution in [3.63, 3.8) is 0 Å². The third-order valence-corrected chi connectivity index (χ3v) is 1.37. The topological polar surface area (TPSA) is 115 Å². The Bertz CT molecular complexity index is 403. The smallest absolute Gasteiger partial charge is 0.273 e. The van der Waals surface area contributed by atoms with Gasteiger partial charge in [-0.25, -0.2) is 0 Å². The van der Waals surface area contributed by atoms with Crippen molar-refractivity contribution in [2.24, 2.45) is 21.4 Å². The first-order chi connectivity index (χ1) is 7.24. The summed E-state index contributed by atoms with van der Waals surface area (Å²) in [7, 11) is 0. The Balaban J connectivity index is 2.69. The molecule has 0 saturated heterocycles. The van der Waals surface area contributed by atoms with E-state index in [1.807, 2.05) is 0 Å². The number of ether oxygens (including phenoxy) is 1. The molecule has 0 aliphatic heterocycles. The predicted molar refractivity (Wildman–Crippen MR) is 51.3 cm³/mol. The minimum Gasteiger partial charge on any atom is -0.444 e. The van der Waals surface area contributed by atoms with Gasteiger partial charge in [0.25, 0.3) is 5.69 Å². The monoisotopic (exact) mass is 209 g/mol. The van der Waals surface area contributed by atoms with Crippen molar-refractivity contribution in [1.82, 2.24) is 0 Å². The van der Waals surface area contributed by atoms with E-state index in [2.05, 4.69) is 21.4 Å². The molecule has 0 saturated carbocycles. The van der Waals surface area contributed by atoms with Crippen LogP contribution in [0.5, 0.6) is 5.75 Å². The van der Waals surface area contributed by atoms with Crippen LogP contribution in [0.25, 0.3) is 0 Å². The van der Waals surface area contributed by atoms with Crippen molar-refractivity contribution in [3.05, 3.63) is 34.4 Å². The normalized spacial score (nSPS) is 10.9. The molecule has 8 nitrogen and oxygen atoms in total. The van der Waals surface area contributed by atoms with Crippen molar-refractivity contribution in [3.8, 4) is 5.75 Å². The van der Waals surface area contributed by atoms with Gasteiger partial charge >= 0.3 is 0 Å². The lowest BCUT2D eigenvalue weighted by molar-refractivity contribution is -0.384. The van der Waals surface area contributed by atoms with E-state index < -0.39 is 4.92 Å². The lowest BCUT2D eigenvalue weighted by Crippen LogP contribution is -1.91. The second kappa shape index (κ2) is 5.27. The Hall–Kier alpha value is -2.51. The van der Waals surface area contributed by atoms with Crippen molar-refractivity contribution >= 4 is 12.1 Å². The third kappa shape index (κ3) is 3.38. The minimum absolute atomic E-state index is 0.0682. The van der Waals surface area contributed by atoms with Gasteiger partial charge in [0.2, 0.25) is 6.40 Å². The molecule has 1 aromatic carbocycles. The maximum atomic E-state index is 10.4. The van der Waals surface area contributed by atoms with Crippen molar-refractivity contribution in [2.75, 3.05) is 0 Å². The van der Waals surface area contributed by atoms with Gasteiger partial charge in [0.15, 0.2) is 0 Å². The van der Waals surface area contributed by atoms with Gasteiger partial charge in [-0.3, -0.25) is 10.1 Å². The molecular formula is C7H7N5O3. The number of hydrogen-bond acceptors (Lipinski definition) is 5. The van der Waals surface area contributed by atoms with Crippen LogP contribution in [0.2, 0.25) is 0 Å². The summed E-state index contributed by atoms with van der Waals surface area (Å²) in [5.74, 6) is 4.95. The first-order valence-corrected chi connectivity index (χ1v) is 3.77. The minimum atomic E-state index is -0.524. The number of nitrogens with zero attached hydrogens (tertiary/aromatic N) is 4. The molecule has 0 bridgehead atoms. The number of nitrogens with two attached hydrogens (primary N) is 1. The zero-order chi connectivity index (χ0) is 11.1. The van der Waals surface area contributed by atoms with Crippen LogP contribution >= 0.6 is 0 Å². The van der Waals surface area contributed by atoms with E-state index in [9.17, 15) is 10.1 Å². The highest BCUT2D eigenvalue weighted by Gasteiger charge is 2.05. The summed E-state index contributed by atoms with van der Waals surface area (Å²) in [6, 6.07) is 5.64. The van der Waals surface area contributed by atoms with E-state index >= 15 is 0 Å². The van der Waals surface area contributed by atoms with E-state index in [-0.39, 0.29) is 11.4 Å². The molecule has 0 fully saturated rings. The van der Waals surface area contributed by atoms with Crippen LogP contribution in [0.15, 0.2) is 39.8 Å². The van der Waals surface area contributed by atoms with Crippen LogP contribution in [-0.2, 0) is 0 Å². The summed E-state index contributed by atoms with van der Waals surface area (Å²) in [5, 5.41) is 19.6. The molecule has 0 atom stereocenters.